The van der Waals surface area contributed by atoms with E-state index in [2.05, 4.69) is 38.7 Å². The molecule has 6 heteroatoms. The molecule has 1 aromatic carbocycles. The van der Waals surface area contributed by atoms with Crippen LogP contribution in [-0.4, -0.2) is 11.6 Å². The SMILES string of the molecule is CC(CCOc1c(Cl)cc(Cl)cc1-c1c[nH]c(N)c1C#N)CC(C)(C)C. The monoisotopic (exact) mass is 393 g/mol. The van der Waals surface area contributed by atoms with Crippen LogP contribution in [0.15, 0.2) is 18.3 Å². The molecule has 1 aromatic heterocycles. The van der Waals surface area contributed by atoms with E-state index in [-0.39, 0.29) is 5.41 Å². The van der Waals surface area contributed by atoms with Crippen LogP contribution in [-0.2, 0) is 0 Å². The summed E-state index contributed by atoms with van der Waals surface area (Å²) in [7, 11) is 0. The number of nitrogens with zero attached hydrogens (tertiary/aromatic N) is 1. The van der Waals surface area contributed by atoms with Crippen molar-refractivity contribution in [3.05, 3.63) is 33.9 Å². The summed E-state index contributed by atoms with van der Waals surface area (Å²) in [5, 5.41) is 10.3. The average Bonchev–Trinajstić information content (AvgIpc) is 2.87. The van der Waals surface area contributed by atoms with E-state index in [1.54, 1.807) is 18.3 Å². The molecule has 140 valence electrons. The Balaban J connectivity index is 2.25. The molecule has 1 heterocycles. The van der Waals surface area contributed by atoms with Gasteiger partial charge in [-0.2, -0.15) is 5.26 Å². The van der Waals surface area contributed by atoms with E-state index in [0.717, 1.165) is 12.8 Å². The van der Waals surface area contributed by atoms with Gasteiger partial charge < -0.3 is 15.5 Å². The van der Waals surface area contributed by atoms with Gasteiger partial charge in [0.05, 0.1) is 11.6 Å². The number of benzene rings is 1. The Morgan fingerprint density at radius 3 is 2.58 bits per heavy atom. The quantitative estimate of drug-likeness (QED) is 0.605. The third-order valence-corrected chi connectivity index (χ3v) is 4.64. The topological polar surface area (TPSA) is 74.8 Å². The smallest absolute Gasteiger partial charge is 0.145 e. The second-order valence-corrected chi connectivity index (χ2v) is 8.72. The summed E-state index contributed by atoms with van der Waals surface area (Å²) in [4.78, 5) is 2.87. The highest BCUT2D eigenvalue weighted by Gasteiger charge is 2.19. The van der Waals surface area contributed by atoms with Crippen LogP contribution in [0, 0.1) is 22.7 Å². The fourth-order valence-corrected chi connectivity index (χ4v) is 3.74. The van der Waals surface area contributed by atoms with Crippen molar-refractivity contribution in [1.82, 2.24) is 4.98 Å². The lowest BCUT2D eigenvalue weighted by molar-refractivity contribution is 0.241. The maximum atomic E-state index is 9.38. The van der Waals surface area contributed by atoms with Gasteiger partial charge in [-0.3, -0.25) is 0 Å². The fourth-order valence-electron chi connectivity index (χ4n) is 3.19. The van der Waals surface area contributed by atoms with Gasteiger partial charge in [-0.25, -0.2) is 0 Å². The number of hydrogen-bond donors (Lipinski definition) is 2. The Hall–Kier alpha value is -1.83. The highest BCUT2D eigenvalue weighted by Crippen LogP contribution is 2.41. The first-order valence-electron chi connectivity index (χ1n) is 8.61. The van der Waals surface area contributed by atoms with Crippen LogP contribution < -0.4 is 10.5 Å². The lowest BCUT2D eigenvalue weighted by Crippen LogP contribution is -2.13. The lowest BCUT2D eigenvalue weighted by Gasteiger charge is -2.23. The molecule has 0 saturated heterocycles. The number of anilines is 1. The van der Waals surface area contributed by atoms with E-state index in [1.807, 2.05) is 0 Å². The third kappa shape index (κ3) is 5.09. The molecule has 26 heavy (non-hydrogen) atoms. The maximum Gasteiger partial charge on any atom is 0.145 e. The number of hydrogen-bond acceptors (Lipinski definition) is 3. The summed E-state index contributed by atoms with van der Waals surface area (Å²) in [5.74, 6) is 1.36. The van der Waals surface area contributed by atoms with E-state index in [4.69, 9.17) is 33.7 Å². The molecular formula is C20H25Cl2N3O. The van der Waals surface area contributed by atoms with Gasteiger partial charge in [0.2, 0.25) is 0 Å². The number of ether oxygens (including phenoxy) is 1. The standard InChI is InChI=1S/C20H25Cl2N3O/c1-12(9-20(2,3)4)5-6-26-18-14(7-13(21)8-17(18)22)16-11-25-19(24)15(16)10-23/h7-8,11-12,25H,5-6,9,24H2,1-4H3. The molecule has 1 unspecified atom stereocenters. The first-order valence-corrected chi connectivity index (χ1v) is 9.37. The summed E-state index contributed by atoms with van der Waals surface area (Å²) in [5.41, 5.74) is 7.76. The van der Waals surface area contributed by atoms with Crippen molar-refractivity contribution in [2.45, 2.75) is 40.5 Å². The first kappa shape index (κ1) is 20.5. The van der Waals surface area contributed by atoms with Crippen LogP contribution in [0.3, 0.4) is 0 Å². The van der Waals surface area contributed by atoms with Crippen LogP contribution in [0.5, 0.6) is 5.75 Å². The van der Waals surface area contributed by atoms with Crippen molar-refractivity contribution in [3.8, 4) is 22.9 Å². The normalized spacial score (nSPS) is 12.7. The van der Waals surface area contributed by atoms with Crippen molar-refractivity contribution >= 4 is 29.0 Å². The number of aromatic nitrogens is 1. The zero-order valence-corrected chi connectivity index (χ0v) is 17.1. The largest absolute Gasteiger partial charge is 0.491 e. The molecule has 1 atom stereocenters. The number of nitrogens with one attached hydrogen (secondary N) is 1. The summed E-state index contributed by atoms with van der Waals surface area (Å²) in [6.45, 7) is 9.46. The van der Waals surface area contributed by atoms with Gasteiger partial charge in [-0.15, -0.1) is 0 Å². The van der Waals surface area contributed by atoms with Crippen molar-refractivity contribution < 1.29 is 4.74 Å². The van der Waals surface area contributed by atoms with Crippen LogP contribution in [0.4, 0.5) is 5.82 Å². The Morgan fingerprint density at radius 2 is 1.96 bits per heavy atom. The number of H-pyrrole nitrogens is 1. The molecule has 0 aliphatic carbocycles. The fraction of sp³-hybridized carbons (Fsp3) is 0.450. The molecule has 0 aliphatic heterocycles. The molecule has 0 fully saturated rings. The molecule has 0 bridgehead atoms. The van der Waals surface area contributed by atoms with Crippen LogP contribution in [0.2, 0.25) is 10.0 Å². The Labute approximate surface area is 165 Å². The Bertz CT molecular complexity index is 816. The molecular weight excluding hydrogens is 369 g/mol. The second kappa shape index (κ2) is 8.24. The summed E-state index contributed by atoms with van der Waals surface area (Å²) in [6, 6.07) is 5.49. The van der Waals surface area contributed by atoms with E-state index < -0.39 is 0 Å². The lowest BCUT2D eigenvalue weighted by atomic mass is 9.84. The molecule has 0 aliphatic rings. The minimum atomic E-state index is 0.285. The molecule has 0 amide bonds. The van der Waals surface area contributed by atoms with E-state index in [0.29, 0.717) is 50.8 Å². The van der Waals surface area contributed by atoms with Gasteiger partial charge >= 0.3 is 0 Å². The highest BCUT2D eigenvalue weighted by atomic mass is 35.5. The van der Waals surface area contributed by atoms with Gasteiger partial charge in [0.15, 0.2) is 0 Å². The predicted molar refractivity (Wildman–Crippen MR) is 109 cm³/mol. The maximum absolute atomic E-state index is 9.38. The minimum Gasteiger partial charge on any atom is -0.491 e. The minimum absolute atomic E-state index is 0.285. The number of nitriles is 1. The van der Waals surface area contributed by atoms with Crippen molar-refractivity contribution in [2.24, 2.45) is 11.3 Å². The Kier molecular flexibility index (Phi) is 6.49. The molecule has 2 aromatic rings. The van der Waals surface area contributed by atoms with Crippen molar-refractivity contribution in [1.29, 1.82) is 5.26 Å². The van der Waals surface area contributed by atoms with Crippen LogP contribution >= 0.6 is 23.2 Å². The molecule has 2 rings (SSSR count). The second-order valence-electron chi connectivity index (χ2n) is 7.87. The van der Waals surface area contributed by atoms with Gasteiger partial charge in [-0.05, 0) is 36.3 Å². The first-order chi connectivity index (χ1) is 12.1. The molecule has 3 N–H and O–H groups in total. The number of halogens is 2. The predicted octanol–water partition coefficient (Wildman–Crippen LogP) is 6.28. The molecule has 0 radical (unpaired) electrons. The van der Waals surface area contributed by atoms with Gasteiger partial charge in [0.1, 0.15) is 23.2 Å². The van der Waals surface area contributed by atoms with Crippen LogP contribution in [0.25, 0.3) is 11.1 Å². The zero-order chi connectivity index (χ0) is 19.5. The average molecular weight is 394 g/mol. The summed E-state index contributed by atoms with van der Waals surface area (Å²) < 4.78 is 6.02. The number of nitrogen functional groups attached to an aromatic ring is 1. The number of nitrogens with two attached hydrogens (primary N) is 1. The van der Waals surface area contributed by atoms with Gasteiger partial charge in [0, 0.05) is 22.3 Å². The number of rotatable bonds is 6. The van der Waals surface area contributed by atoms with E-state index in [1.165, 1.54) is 0 Å². The third-order valence-electron chi connectivity index (χ3n) is 4.14. The molecule has 4 nitrogen and oxygen atoms in total. The molecule has 0 saturated carbocycles. The van der Waals surface area contributed by atoms with E-state index in [9.17, 15) is 5.26 Å². The van der Waals surface area contributed by atoms with Gasteiger partial charge in [0.25, 0.3) is 0 Å². The summed E-state index contributed by atoms with van der Waals surface area (Å²) >= 11 is 12.5. The van der Waals surface area contributed by atoms with Crippen LogP contribution in [0.1, 0.15) is 46.1 Å². The number of aromatic amines is 1. The highest BCUT2D eigenvalue weighted by molar-refractivity contribution is 6.36. The summed E-state index contributed by atoms with van der Waals surface area (Å²) in [6.07, 6.45) is 3.70. The van der Waals surface area contributed by atoms with Crippen molar-refractivity contribution in [3.63, 3.8) is 0 Å². The van der Waals surface area contributed by atoms with Gasteiger partial charge in [-0.1, -0.05) is 50.9 Å². The van der Waals surface area contributed by atoms with E-state index >= 15 is 0 Å². The molecule has 0 spiro atoms. The zero-order valence-electron chi connectivity index (χ0n) is 15.6. The van der Waals surface area contributed by atoms with Crippen molar-refractivity contribution in [2.75, 3.05) is 12.3 Å². The Morgan fingerprint density at radius 1 is 1.27 bits per heavy atom.